The van der Waals surface area contributed by atoms with Gasteiger partial charge in [0.2, 0.25) is 0 Å². The fourth-order valence-corrected chi connectivity index (χ4v) is 2.51. The summed E-state index contributed by atoms with van der Waals surface area (Å²) < 4.78 is 2.84. The van der Waals surface area contributed by atoms with Crippen molar-refractivity contribution in [2.24, 2.45) is 0 Å². The second kappa shape index (κ2) is 4.90. The van der Waals surface area contributed by atoms with Gasteiger partial charge in [0.25, 0.3) is 0 Å². The minimum Gasteiger partial charge on any atom is -0.278 e. The van der Waals surface area contributed by atoms with Crippen LogP contribution in [0.2, 0.25) is 0 Å². The molecule has 0 unspecified atom stereocenters. The van der Waals surface area contributed by atoms with Crippen molar-refractivity contribution in [3.05, 3.63) is 46.6 Å². The van der Waals surface area contributed by atoms with E-state index in [0.29, 0.717) is 5.88 Å². The molecule has 0 amide bonds. The zero-order valence-corrected chi connectivity index (χ0v) is 12.5. The Kier molecular flexibility index (Phi) is 3.24. The van der Waals surface area contributed by atoms with E-state index in [1.165, 1.54) is 0 Å². The average molecular weight is 338 g/mol. The lowest BCUT2D eigenvalue weighted by molar-refractivity contribution is 0.956. The van der Waals surface area contributed by atoms with Crippen LogP contribution in [0.5, 0.6) is 0 Å². The van der Waals surface area contributed by atoms with E-state index in [1.807, 2.05) is 29.7 Å². The Morgan fingerprint density at radius 1 is 1.26 bits per heavy atom. The van der Waals surface area contributed by atoms with Gasteiger partial charge >= 0.3 is 0 Å². The van der Waals surface area contributed by atoms with Crippen molar-refractivity contribution in [2.45, 2.75) is 12.8 Å². The number of alkyl halides is 1. The maximum atomic E-state index is 5.99. The van der Waals surface area contributed by atoms with E-state index in [0.717, 1.165) is 32.8 Å². The number of rotatable bonds is 2. The summed E-state index contributed by atoms with van der Waals surface area (Å²) in [5, 5.41) is 0. The molecule has 6 heteroatoms. The third-order valence-corrected chi connectivity index (χ3v) is 3.45. The number of halogens is 2. The Morgan fingerprint density at radius 2 is 2.11 bits per heavy atom. The number of pyridine rings is 2. The number of aryl methyl sites for hydroxylation is 1. The molecule has 3 aromatic rings. The molecule has 0 fully saturated rings. The third kappa shape index (κ3) is 2.24. The van der Waals surface area contributed by atoms with Crippen LogP contribution < -0.4 is 0 Å². The lowest BCUT2D eigenvalue weighted by atomic mass is 10.3. The molecule has 0 aromatic carbocycles. The van der Waals surface area contributed by atoms with Crippen LogP contribution in [0.15, 0.2) is 35.1 Å². The molecule has 0 saturated carbocycles. The van der Waals surface area contributed by atoms with Gasteiger partial charge in [-0.25, -0.2) is 9.97 Å². The predicted molar refractivity (Wildman–Crippen MR) is 78.7 cm³/mol. The summed E-state index contributed by atoms with van der Waals surface area (Å²) in [6, 6.07) is 5.86. The highest BCUT2D eigenvalue weighted by atomic mass is 79.9. The highest BCUT2D eigenvalue weighted by Crippen LogP contribution is 2.22. The fourth-order valence-electron chi connectivity index (χ4n) is 1.98. The number of nitrogens with zero attached hydrogens (tertiary/aromatic N) is 4. The van der Waals surface area contributed by atoms with Crippen molar-refractivity contribution < 1.29 is 0 Å². The summed E-state index contributed by atoms with van der Waals surface area (Å²) in [6.45, 7) is 1.95. The van der Waals surface area contributed by atoms with E-state index in [1.54, 1.807) is 12.4 Å². The molecule has 0 aliphatic carbocycles. The summed E-state index contributed by atoms with van der Waals surface area (Å²) >= 11 is 9.41. The van der Waals surface area contributed by atoms with Gasteiger partial charge in [-0.2, -0.15) is 0 Å². The maximum Gasteiger partial charge on any atom is 0.165 e. The smallest absolute Gasteiger partial charge is 0.165 e. The summed E-state index contributed by atoms with van der Waals surface area (Å²) in [5.41, 5.74) is 3.47. The molecule has 0 radical (unpaired) electrons. The summed E-state index contributed by atoms with van der Waals surface area (Å²) in [7, 11) is 0. The molecule has 96 valence electrons. The van der Waals surface area contributed by atoms with Crippen LogP contribution in [0, 0.1) is 6.92 Å². The molecule has 3 aromatic heterocycles. The lowest BCUT2D eigenvalue weighted by Gasteiger charge is -2.07. The van der Waals surface area contributed by atoms with Crippen LogP contribution in [0.1, 0.15) is 11.5 Å². The van der Waals surface area contributed by atoms with E-state index in [4.69, 9.17) is 11.6 Å². The molecule has 0 aliphatic heterocycles. The molecule has 0 atom stereocenters. The quantitative estimate of drug-likeness (QED) is 0.671. The van der Waals surface area contributed by atoms with Gasteiger partial charge in [-0.1, -0.05) is 0 Å². The zero-order chi connectivity index (χ0) is 13.4. The molecular weight excluding hydrogens is 328 g/mol. The molecule has 3 heterocycles. The standard InChI is InChI=1S/C13H10BrClN4/c1-8-2-3-11-13(17-8)19(12(5-15)18-11)10-4-9(14)6-16-7-10/h2-4,6-7H,5H2,1H3. The first-order chi connectivity index (χ1) is 9.19. The van der Waals surface area contributed by atoms with Crippen molar-refractivity contribution in [1.29, 1.82) is 0 Å². The van der Waals surface area contributed by atoms with Gasteiger partial charge < -0.3 is 0 Å². The SMILES string of the molecule is Cc1ccc2nc(CCl)n(-c3cncc(Br)c3)c2n1. The molecule has 0 saturated heterocycles. The Hall–Kier alpha value is -1.46. The minimum absolute atomic E-state index is 0.321. The second-order valence-corrected chi connectivity index (χ2v) is 5.34. The molecule has 4 nitrogen and oxygen atoms in total. The van der Waals surface area contributed by atoms with Crippen LogP contribution in [0.4, 0.5) is 0 Å². The van der Waals surface area contributed by atoms with Gasteiger partial charge in [-0.05, 0) is 41.1 Å². The summed E-state index contributed by atoms with van der Waals surface area (Å²) in [5.74, 6) is 1.08. The number of fused-ring (bicyclic) bond motifs is 1. The van der Waals surface area contributed by atoms with Crippen molar-refractivity contribution >= 4 is 38.7 Å². The lowest BCUT2D eigenvalue weighted by Crippen LogP contribution is -2.01. The average Bonchev–Trinajstić information content (AvgIpc) is 2.76. The number of aromatic nitrogens is 4. The molecule has 19 heavy (non-hydrogen) atoms. The van der Waals surface area contributed by atoms with E-state index in [2.05, 4.69) is 30.9 Å². The first kappa shape index (κ1) is 12.6. The van der Waals surface area contributed by atoms with Crippen molar-refractivity contribution in [3.8, 4) is 5.69 Å². The Labute approximate surface area is 123 Å². The van der Waals surface area contributed by atoms with Crippen molar-refractivity contribution in [1.82, 2.24) is 19.5 Å². The van der Waals surface area contributed by atoms with Crippen LogP contribution in [-0.4, -0.2) is 19.5 Å². The van der Waals surface area contributed by atoms with Crippen LogP contribution in [-0.2, 0) is 5.88 Å². The summed E-state index contributed by atoms with van der Waals surface area (Å²) in [4.78, 5) is 13.2. The van der Waals surface area contributed by atoms with Gasteiger partial charge in [0.15, 0.2) is 5.65 Å². The van der Waals surface area contributed by atoms with Gasteiger partial charge in [0, 0.05) is 16.4 Å². The molecule has 0 spiro atoms. The fraction of sp³-hybridized carbons (Fsp3) is 0.154. The van der Waals surface area contributed by atoms with E-state index in [9.17, 15) is 0 Å². The minimum atomic E-state index is 0.321. The van der Waals surface area contributed by atoms with Gasteiger partial charge in [-0.3, -0.25) is 9.55 Å². The number of imidazole rings is 1. The molecule has 3 rings (SSSR count). The summed E-state index contributed by atoms with van der Waals surface area (Å²) in [6.07, 6.45) is 3.51. The van der Waals surface area contributed by atoms with E-state index in [-0.39, 0.29) is 0 Å². The van der Waals surface area contributed by atoms with Gasteiger partial charge in [-0.15, -0.1) is 11.6 Å². The number of hydrogen-bond donors (Lipinski definition) is 0. The van der Waals surface area contributed by atoms with Crippen LogP contribution >= 0.6 is 27.5 Å². The van der Waals surface area contributed by atoms with Crippen LogP contribution in [0.25, 0.3) is 16.9 Å². The second-order valence-electron chi connectivity index (χ2n) is 4.15. The highest BCUT2D eigenvalue weighted by Gasteiger charge is 2.13. The van der Waals surface area contributed by atoms with Crippen molar-refractivity contribution in [3.63, 3.8) is 0 Å². The maximum absolute atomic E-state index is 5.99. The molecule has 0 bridgehead atoms. The zero-order valence-electron chi connectivity index (χ0n) is 10.1. The number of hydrogen-bond acceptors (Lipinski definition) is 3. The topological polar surface area (TPSA) is 43.6 Å². The predicted octanol–water partition coefficient (Wildman–Crippen LogP) is 3.63. The Balaban J connectivity index is 2.34. The monoisotopic (exact) mass is 336 g/mol. The van der Waals surface area contributed by atoms with E-state index < -0.39 is 0 Å². The van der Waals surface area contributed by atoms with Crippen LogP contribution in [0.3, 0.4) is 0 Å². The highest BCUT2D eigenvalue weighted by molar-refractivity contribution is 9.10. The van der Waals surface area contributed by atoms with Gasteiger partial charge in [0.1, 0.15) is 11.3 Å². The first-order valence-corrected chi connectivity index (χ1v) is 7.03. The van der Waals surface area contributed by atoms with Gasteiger partial charge in [0.05, 0.1) is 17.8 Å². The largest absolute Gasteiger partial charge is 0.278 e. The Morgan fingerprint density at radius 3 is 2.84 bits per heavy atom. The third-order valence-electron chi connectivity index (χ3n) is 2.78. The molecular formula is C13H10BrClN4. The first-order valence-electron chi connectivity index (χ1n) is 5.71. The van der Waals surface area contributed by atoms with Crippen molar-refractivity contribution in [2.75, 3.05) is 0 Å². The normalized spacial score (nSPS) is 11.1. The molecule has 0 aliphatic rings. The molecule has 0 N–H and O–H groups in total. The van der Waals surface area contributed by atoms with E-state index >= 15 is 0 Å². The Bertz CT molecular complexity index is 753.